The normalized spacial score (nSPS) is 12.2. The van der Waals surface area contributed by atoms with E-state index in [0.29, 0.717) is 19.3 Å². The Morgan fingerprint density at radius 3 is 0.717 bits per heavy atom. The summed E-state index contributed by atoms with van der Waals surface area (Å²) in [4.78, 5) is 37.9. The summed E-state index contributed by atoms with van der Waals surface area (Å²) in [5, 5.41) is 0. The molecule has 60 heavy (non-hydrogen) atoms. The molecule has 0 aromatic carbocycles. The number of esters is 3. The van der Waals surface area contributed by atoms with E-state index in [4.69, 9.17) is 14.2 Å². The molecule has 0 bridgehead atoms. The van der Waals surface area contributed by atoms with Crippen LogP contribution in [0.1, 0.15) is 292 Å². The monoisotopic (exact) mass is 849 g/mol. The fourth-order valence-corrected chi connectivity index (χ4v) is 8.12. The molecule has 0 radical (unpaired) electrons. The number of hydrogen-bond acceptors (Lipinski definition) is 6. The molecule has 0 rings (SSSR count). The minimum atomic E-state index is -0.763. The molecule has 0 heterocycles. The maximum atomic E-state index is 12.8. The summed E-state index contributed by atoms with van der Waals surface area (Å²) in [7, 11) is 0. The van der Waals surface area contributed by atoms with Crippen LogP contribution in [-0.4, -0.2) is 37.2 Å². The van der Waals surface area contributed by atoms with E-state index < -0.39 is 6.10 Å². The van der Waals surface area contributed by atoms with Crippen LogP contribution < -0.4 is 0 Å². The maximum absolute atomic E-state index is 12.8. The average molecular weight is 849 g/mol. The first kappa shape index (κ1) is 58.4. The fraction of sp³-hybridized carbons (Fsp3) is 0.944. The quantitative estimate of drug-likeness (QED) is 0.0345. The number of hydrogen-bond donors (Lipinski definition) is 0. The summed E-state index contributed by atoms with van der Waals surface area (Å²) < 4.78 is 16.8. The Hall–Kier alpha value is -1.59. The standard InChI is InChI=1S/C54H104O6/c1-48(2)40-34-28-22-16-13-11-9-7-8-10-12-14-18-25-31-37-43-52(55)58-46-51(47-59-53(56)44-38-32-26-21-20-24-30-36-42-50(5)6)60-54(57)45-39-33-27-19-15-17-23-29-35-41-49(3)4/h48-51H,7-47H2,1-6H3/t51-/m1/s1. The van der Waals surface area contributed by atoms with E-state index in [-0.39, 0.29) is 31.1 Å². The Kier molecular flexibility index (Phi) is 44.2. The third-order valence-corrected chi connectivity index (χ3v) is 12.1. The van der Waals surface area contributed by atoms with Crippen LogP contribution in [0.4, 0.5) is 0 Å². The van der Waals surface area contributed by atoms with Crippen molar-refractivity contribution in [2.24, 2.45) is 17.8 Å². The Bertz CT molecular complexity index is 929. The number of carbonyl (C=O) groups is 3. The molecule has 1 atom stereocenters. The lowest BCUT2D eigenvalue weighted by Crippen LogP contribution is -2.30. The smallest absolute Gasteiger partial charge is 0.306 e. The van der Waals surface area contributed by atoms with E-state index >= 15 is 0 Å². The van der Waals surface area contributed by atoms with E-state index in [1.54, 1.807) is 0 Å². The average Bonchev–Trinajstić information content (AvgIpc) is 3.20. The van der Waals surface area contributed by atoms with Gasteiger partial charge in [0.15, 0.2) is 6.10 Å². The number of rotatable bonds is 47. The zero-order chi connectivity index (χ0) is 44.2. The zero-order valence-corrected chi connectivity index (χ0v) is 41.3. The van der Waals surface area contributed by atoms with Gasteiger partial charge in [-0.25, -0.2) is 0 Å². The molecular weight excluding hydrogens is 745 g/mol. The van der Waals surface area contributed by atoms with Gasteiger partial charge in [0.25, 0.3) is 0 Å². The summed E-state index contributed by atoms with van der Waals surface area (Å²) in [6, 6.07) is 0. The SMILES string of the molecule is CC(C)CCCCCCCCCCCCCCCCCCC(=O)OC[C@H](COC(=O)CCCCCCCCCCC(C)C)OC(=O)CCCCCCCCCCCC(C)C. The summed E-state index contributed by atoms with van der Waals surface area (Å²) in [6.45, 7) is 13.7. The largest absolute Gasteiger partial charge is 0.462 e. The molecule has 356 valence electrons. The highest BCUT2D eigenvalue weighted by Crippen LogP contribution is 2.18. The third kappa shape index (κ3) is 47.5. The molecule has 0 unspecified atom stereocenters. The van der Waals surface area contributed by atoms with Gasteiger partial charge in [-0.1, -0.05) is 253 Å². The van der Waals surface area contributed by atoms with Gasteiger partial charge in [0.2, 0.25) is 0 Å². The van der Waals surface area contributed by atoms with Gasteiger partial charge in [0, 0.05) is 19.3 Å². The fourth-order valence-electron chi connectivity index (χ4n) is 8.12. The Morgan fingerprint density at radius 2 is 0.483 bits per heavy atom. The molecule has 0 N–H and O–H groups in total. The van der Waals surface area contributed by atoms with Crippen LogP contribution in [0, 0.1) is 17.8 Å². The summed E-state index contributed by atoms with van der Waals surface area (Å²) in [6.07, 6.45) is 45.3. The van der Waals surface area contributed by atoms with Crippen molar-refractivity contribution in [2.45, 2.75) is 298 Å². The first-order chi connectivity index (χ1) is 29.1. The second-order valence-electron chi connectivity index (χ2n) is 19.9. The molecule has 6 heteroatoms. The molecule has 0 aliphatic rings. The first-order valence-electron chi connectivity index (χ1n) is 26.6. The van der Waals surface area contributed by atoms with Crippen molar-refractivity contribution in [2.75, 3.05) is 13.2 Å². The predicted molar refractivity (Wildman–Crippen MR) is 256 cm³/mol. The van der Waals surface area contributed by atoms with Gasteiger partial charge >= 0.3 is 17.9 Å². The molecule has 0 saturated heterocycles. The molecule has 6 nitrogen and oxygen atoms in total. The van der Waals surface area contributed by atoms with E-state index in [1.165, 1.54) is 173 Å². The van der Waals surface area contributed by atoms with Gasteiger partial charge in [-0.3, -0.25) is 14.4 Å². The van der Waals surface area contributed by atoms with Crippen LogP contribution in [0.2, 0.25) is 0 Å². The maximum Gasteiger partial charge on any atom is 0.306 e. The highest BCUT2D eigenvalue weighted by atomic mass is 16.6. The van der Waals surface area contributed by atoms with Crippen molar-refractivity contribution < 1.29 is 28.6 Å². The van der Waals surface area contributed by atoms with Crippen LogP contribution >= 0.6 is 0 Å². The Labute approximate surface area is 374 Å². The third-order valence-electron chi connectivity index (χ3n) is 12.1. The molecule has 0 aliphatic carbocycles. The molecule has 0 fully saturated rings. The van der Waals surface area contributed by atoms with Crippen molar-refractivity contribution in [1.29, 1.82) is 0 Å². The molecule has 0 spiro atoms. The second-order valence-corrected chi connectivity index (χ2v) is 19.9. The van der Waals surface area contributed by atoms with Crippen LogP contribution in [0.15, 0.2) is 0 Å². The number of unbranched alkanes of at least 4 members (excludes halogenated alkanes) is 30. The second kappa shape index (κ2) is 45.4. The highest BCUT2D eigenvalue weighted by molar-refractivity contribution is 5.71. The minimum Gasteiger partial charge on any atom is -0.462 e. The van der Waals surface area contributed by atoms with Crippen LogP contribution in [-0.2, 0) is 28.6 Å². The molecule has 0 amide bonds. The lowest BCUT2D eigenvalue weighted by Gasteiger charge is -2.18. The molecule has 0 aromatic rings. The highest BCUT2D eigenvalue weighted by Gasteiger charge is 2.19. The van der Waals surface area contributed by atoms with Crippen LogP contribution in [0.25, 0.3) is 0 Å². The van der Waals surface area contributed by atoms with Gasteiger partial charge in [-0.2, -0.15) is 0 Å². The van der Waals surface area contributed by atoms with Crippen LogP contribution in [0.3, 0.4) is 0 Å². The Balaban J connectivity index is 4.25. The lowest BCUT2D eigenvalue weighted by molar-refractivity contribution is -0.167. The van der Waals surface area contributed by atoms with E-state index in [0.717, 1.165) is 75.5 Å². The number of carbonyl (C=O) groups excluding carboxylic acids is 3. The topological polar surface area (TPSA) is 78.9 Å². The van der Waals surface area contributed by atoms with Gasteiger partial charge in [-0.05, 0) is 37.0 Å². The van der Waals surface area contributed by atoms with Crippen LogP contribution in [0.5, 0.6) is 0 Å². The van der Waals surface area contributed by atoms with E-state index in [1.807, 2.05) is 0 Å². The zero-order valence-electron chi connectivity index (χ0n) is 41.3. The molecule has 0 aromatic heterocycles. The Morgan fingerprint density at radius 1 is 0.283 bits per heavy atom. The summed E-state index contributed by atoms with van der Waals surface area (Å²) >= 11 is 0. The molecule has 0 aliphatic heterocycles. The lowest BCUT2D eigenvalue weighted by atomic mass is 10.0. The van der Waals surface area contributed by atoms with Crippen molar-refractivity contribution in [3.05, 3.63) is 0 Å². The summed E-state index contributed by atoms with van der Waals surface area (Å²) in [5.41, 5.74) is 0. The first-order valence-corrected chi connectivity index (χ1v) is 26.6. The predicted octanol–water partition coefficient (Wildman–Crippen LogP) is 17.2. The molecular formula is C54H104O6. The van der Waals surface area contributed by atoms with Gasteiger partial charge in [-0.15, -0.1) is 0 Å². The minimum absolute atomic E-state index is 0.0648. The molecule has 0 saturated carbocycles. The van der Waals surface area contributed by atoms with Crippen molar-refractivity contribution in [3.8, 4) is 0 Å². The van der Waals surface area contributed by atoms with Crippen molar-refractivity contribution in [1.82, 2.24) is 0 Å². The van der Waals surface area contributed by atoms with Gasteiger partial charge in [0.1, 0.15) is 13.2 Å². The van der Waals surface area contributed by atoms with E-state index in [2.05, 4.69) is 41.5 Å². The number of ether oxygens (including phenoxy) is 3. The van der Waals surface area contributed by atoms with Crippen molar-refractivity contribution >= 4 is 17.9 Å². The van der Waals surface area contributed by atoms with Gasteiger partial charge < -0.3 is 14.2 Å². The van der Waals surface area contributed by atoms with Crippen molar-refractivity contribution in [3.63, 3.8) is 0 Å². The summed E-state index contributed by atoms with van der Waals surface area (Å²) in [5.74, 6) is 1.60. The van der Waals surface area contributed by atoms with Gasteiger partial charge in [0.05, 0.1) is 0 Å². The van der Waals surface area contributed by atoms with E-state index in [9.17, 15) is 14.4 Å².